The third-order valence-corrected chi connectivity index (χ3v) is 5.92. The van der Waals surface area contributed by atoms with Crippen molar-refractivity contribution in [2.24, 2.45) is 0 Å². The molecule has 28 heavy (non-hydrogen) atoms. The van der Waals surface area contributed by atoms with Gasteiger partial charge in [-0.05, 0) is 44.2 Å². The van der Waals surface area contributed by atoms with Crippen molar-refractivity contribution in [3.05, 3.63) is 22.6 Å². The van der Waals surface area contributed by atoms with Crippen LogP contribution in [-0.2, 0) is 22.4 Å². The molecule has 1 aromatic rings. The highest BCUT2D eigenvalue weighted by molar-refractivity contribution is 5.68. The summed E-state index contributed by atoms with van der Waals surface area (Å²) in [5.41, 5.74) is 2.77. The maximum atomic E-state index is 11.0. The van der Waals surface area contributed by atoms with Crippen LogP contribution in [0.1, 0.15) is 119 Å². The quantitative estimate of drug-likeness (QED) is 0.202. The molecule has 0 amide bonds. The first kappa shape index (κ1) is 24.8. The van der Waals surface area contributed by atoms with E-state index in [1.54, 1.807) is 0 Å². The number of carbonyl (C=O) groups is 1. The average Bonchev–Trinajstić information content (AvgIpc) is 2.96. The Balaban J connectivity index is 2.01. The van der Waals surface area contributed by atoms with Gasteiger partial charge in [0.25, 0.3) is 0 Å². The minimum atomic E-state index is -0.0763. The molecule has 0 aromatic carbocycles. The van der Waals surface area contributed by atoms with Gasteiger partial charge < -0.3 is 9.15 Å². The number of rotatable bonds is 17. The molecule has 0 fully saturated rings. The molecule has 0 aliphatic rings. The monoisotopic (exact) mass is 392 g/mol. The largest absolute Gasteiger partial charge is 0.469 e. The third kappa shape index (κ3) is 10.3. The molecule has 3 heteroatoms. The third-order valence-electron chi connectivity index (χ3n) is 5.92. The van der Waals surface area contributed by atoms with Gasteiger partial charge in [-0.25, -0.2) is 0 Å². The van der Waals surface area contributed by atoms with Crippen LogP contribution in [0.15, 0.2) is 4.42 Å². The van der Waals surface area contributed by atoms with Crippen LogP contribution >= 0.6 is 0 Å². The lowest BCUT2D eigenvalue weighted by molar-refractivity contribution is -0.140. The van der Waals surface area contributed by atoms with E-state index in [0.717, 1.165) is 25.7 Å². The smallest absolute Gasteiger partial charge is 0.305 e. The van der Waals surface area contributed by atoms with Gasteiger partial charge in [-0.1, -0.05) is 71.1 Å². The number of esters is 1. The molecule has 0 unspecified atom stereocenters. The lowest BCUT2D eigenvalue weighted by Gasteiger charge is -2.03. The number of carbonyl (C=O) groups excluding carboxylic acids is 1. The van der Waals surface area contributed by atoms with Crippen LogP contribution in [0.5, 0.6) is 0 Å². The van der Waals surface area contributed by atoms with E-state index in [9.17, 15) is 4.79 Å². The molecule has 0 atom stereocenters. The summed E-state index contributed by atoms with van der Waals surface area (Å²) < 4.78 is 10.8. The summed E-state index contributed by atoms with van der Waals surface area (Å²) >= 11 is 0. The van der Waals surface area contributed by atoms with Gasteiger partial charge in [0.05, 0.1) is 7.11 Å². The van der Waals surface area contributed by atoms with Crippen molar-refractivity contribution in [1.29, 1.82) is 0 Å². The summed E-state index contributed by atoms with van der Waals surface area (Å²) in [6.07, 6.45) is 19.2. The number of furan rings is 1. The summed E-state index contributed by atoms with van der Waals surface area (Å²) in [5.74, 6) is 2.39. The van der Waals surface area contributed by atoms with Gasteiger partial charge in [-0.3, -0.25) is 4.79 Å². The van der Waals surface area contributed by atoms with Crippen molar-refractivity contribution in [2.75, 3.05) is 7.11 Å². The second-order valence-corrected chi connectivity index (χ2v) is 8.27. The number of unbranched alkanes of at least 4 members (excludes halogenated alkanes) is 11. The highest BCUT2D eigenvalue weighted by Crippen LogP contribution is 2.25. The zero-order valence-corrected chi connectivity index (χ0v) is 19.0. The lowest BCUT2D eigenvalue weighted by atomic mass is 10.0. The van der Waals surface area contributed by atoms with Crippen LogP contribution in [0.3, 0.4) is 0 Å². The molecule has 0 aliphatic heterocycles. The Labute approximate surface area is 173 Å². The van der Waals surface area contributed by atoms with Crippen LogP contribution in [-0.4, -0.2) is 13.1 Å². The van der Waals surface area contributed by atoms with Gasteiger partial charge in [0, 0.05) is 19.3 Å². The molecule has 0 saturated heterocycles. The predicted octanol–water partition coefficient (Wildman–Crippen LogP) is 7.64. The van der Waals surface area contributed by atoms with Crippen molar-refractivity contribution in [1.82, 2.24) is 0 Å². The minimum absolute atomic E-state index is 0.0763. The molecule has 1 aromatic heterocycles. The summed E-state index contributed by atoms with van der Waals surface area (Å²) in [6.45, 7) is 6.70. The Kier molecular flexibility index (Phi) is 13.9. The number of hydrogen-bond acceptors (Lipinski definition) is 3. The second kappa shape index (κ2) is 15.6. The van der Waals surface area contributed by atoms with E-state index in [2.05, 4.69) is 25.5 Å². The first-order valence-electron chi connectivity index (χ1n) is 11.7. The molecule has 1 heterocycles. The van der Waals surface area contributed by atoms with Gasteiger partial charge in [-0.15, -0.1) is 0 Å². The van der Waals surface area contributed by atoms with E-state index < -0.39 is 0 Å². The molecule has 0 spiro atoms. The Morgan fingerprint density at radius 3 is 1.61 bits per heavy atom. The topological polar surface area (TPSA) is 39.4 Å². The van der Waals surface area contributed by atoms with E-state index in [4.69, 9.17) is 4.42 Å². The lowest BCUT2D eigenvalue weighted by Crippen LogP contribution is -1.99. The molecule has 0 aliphatic carbocycles. The number of ether oxygens (including phenoxy) is 1. The Hall–Kier alpha value is -1.25. The maximum Gasteiger partial charge on any atom is 0.305 e. The van der Waals surface area contributed by atoms with Crippen molar-refractivity contribution >= 4 is 5.97 Å². The Morgan fingerprint density at radius 2 is 1.14 bits per heavy atom. The standard InChI is InChI=1S/C25H44O3/c1-5-6-15-18-23-21(2)22(3)24(28-23)19-16-13-11-9-7-8-10-12-14-17-20-25(26)27-4/h5-20H2,1-4H3. The molecule has 1 rings (SSSR count). The van der Waals surface area contributed by atoms with Crippen LogP contribution in [0.25, 0.3) is 0 Å². The fraction of sp³-hybridized carbons (Fsp3) is 0.800. The SMILES string of the molecule is CCCCCc1oc(CCCCCCCCCCCCC(=O)OC)c(C)c1C. The van der Waals surface area contributed by atoms with Crippen LogP contribution in [0.2, 0.25) is 0 Å². The molecular formula is C25H44O3. The highest BCUT2D eigenvalue weighted by Gasteiger charge is 2.12. The molecular weight excluding hydrogens is 348 g/mol. The molecule has 3 nitrogen and oxygen atoms in total. The van der Waals surface area contributed by atoms with Gasteiger partial charge in [0.15, 0.2) is 0 Å². The predicted molar refractivity (Wildman–Crippen MR) is 118 cm³/mol. The number of methoxy groups -OCH3 is 1. The highest BCUT2D eigenvalue weighted by atomic mass is 16.5. The van der Waals surface area contributed by atoms with Crippen LogP contribution in [0.4, 0.5) is 0 Å². The number of aryl methyl sites for hydroxylation is 2. The van der Waals surface area contributed by atoms with Gasteiger partial charge in [0.2, 0.25) is 0 Å². The van der Waals surface area contributed by atoms with Gasteiger partial charge >= 0.3 is 5.97 Å². The summed E-state index contributed by atoms with van der Waals surface area (Å²) in [7, 11) is 1.46. The Morgan fingerprint density at radius 1 is 0.714 bits per heavy atom. The zero-order chi connectivity index (χ0) is 20.6. The fourth-order valence-electron chi connectivity index (χ4n) is 3.80. The summed E-state index contributed by atoms with van der Waals surface area (Å²) in [5, 5.41) is 0. The zero-order valence-electron chi connectivity index (χ0n) is 19.0. The van der Waals surface area contributed by atoms with E-state index in [-0.39, 0.29) is 5.97 Å². The van der Waals surface area contributed by atoms with E-state index in [1.807, 2.05) is 0 Å². The normalized spacial score (nSPS) is 11.1. The van der Waals surface area contributed by atoms with E-state index in [1.165, 1.54) is 100 Å². The van der Waals surface area contributed by atoms with E-state index in [0.29, 0.717) is 6.42 Å². The van der Waals surface area contributed by atoms with Crippen LogP contribution in [0, 0.1) is 13.8 Å². The summed E-state index contributed by atoms with van der Waals surface area (Å²) in [4.78, 5) is 11.0. The summed E-state index contributed by atoms with van der Waals surface area (Å²) in [6, 6.07) is 0. The van der Waals surface area contributed by atoms with Crippen molar-refractivity contribution < 1.29 is 13.9 Å². The first-order valence-corrected chi connectivity index (χ1v) is 11.7. The molecule has 0 N–H and O–H groups in total. The fourth-order valence-corrected chi connectivity index (χ4v) is 3.80. The first-order chi connectivity index (χ1) is 13.6. The van der Waals surface area contributed by atoms with E-state index >= 15 is 0 Å². The minimum Gasteiger partial charge on any atom is -0.469 e. The van der Waals surface area contributed by atoms with Crippen molar-refractivity contribution in [2.45, 2.75) is 124 Å². The molecule has 0 radical (unpaired) electrons. The molecule has 0 saturated carbocycles. The maximum absolute atomic E-state index is 11.0. The Bertz CT molecular complexity index is 530. The molecule has 162 valence electrons. The second-order valence-electron chi connectivity index (χ2n) is 8.27. The van der Waals surface area contributed by atoms with Gasteiger partial charge in [-0.2, -0.15) is 0 Å². The van der Waals surface area contributed by atoms with Gasteiger partial charge in [0.1, 0.15) is 11.5 Å². The number of hydrogen-bond donors (Lipinski definition) is 0. The average molecular weight is 393 g/mol. The molecule has 0 bridgehead atoms. The van der Waals surface area contributed by atoms with Crippen molar-refractivity contribution in [3.63, 3.8) is 0 Å². The van der Waals surface area contributed by atoms with Crippen LogP contribution < -0.4 is 0 Å². The van der Waals surface area contributed by atoms with Crippen molar-refractivity contribution in [3.8, 4) is 0 Å².